The van der Waals surface area contributed by atoms with E-state index in [1.165, 1.54) is 0 Å². The summed E-state index contributed by atoms with van der Waals surface area (Å²) in [6.45, 7) is 1.80. The molecule has 0 atom stereocenters. The lowest BCUT2D eigenvalue weighted by Crippen LogP contribution is -2.16. The molecule has 1 N–H and O–H groups in total. The first-order chi connectivity index (χ1) is 9.38. The van der Waals surface area contributed by atoms with E-state index >= 15 is 0 Å². The molecule has 0 fully saturated rings. The highest BCUT2D eigenvalue weighted by molar-refractivity contribution is 9.10. The predicted octanol–water partition coefficient (Wildman–Crippen LogP) is 4.43. The van der Waals surface area contributed by atoms with Crippen molar-refractivity contribution in [3.05, 3.63) is 63.4 Å². The molecular weight excluding hydrogens is 335 g/mol. The summed E-state index contributed by atoms with van der Waals surface area (Å²) in [6, 6.07) is 5.84. The van der Waals surface area contributed by atoms with Crippen LogP contribution in [0.4, 0.5) is 18.9 Å². The zero-order valence-electron chi connectivity index (χ0n) is 10.3. The fourth-order valence-electron chi connectivity index (χ4n) is 1.68. The first kappa shape index (κ1) is 14.6. The summed E-state index contributed by atoms with van der Waals surface area (Å²) in [7, 11) is 0. The molecule has 0 radical (unpaired) electrons. The molecule has 104 valence electrons. The van der Waals surface area contributed by atoms with Crippen LogP contribution in [0.3, 0.4) is 0 Å². The Morgan fingerprint density at radius 3 is 2.25 bits per heavy atom. The van der Waals surface area contributed by atoms with E-state index in [4.69, 9.17) is 0 Å². The van der Waals surface area contributed by atoms with Gasteiger partial charge in [-0.3, -0.25) is 4.79 Å². The number of amides is 1. The Kier molecular flexibility index (Phi) is 4.13. The van der Waals surface area contributed by atoms with E-state index in [1.807, 2.05) is 0 Å². The molecule has 2 rings (SSSR count). The molecule has 6 heteroatoms. The van der Waals surface area contributed by atoms with Gasteiger partial charge in [-0.25, -0.2) is 13.2 Å². The van der Waals surface area contributed by atoms with Crippen molar-refractivity contribution in [2.24, 2.45) is 0 Å². The van der Waals surface area contributed by atoms with Crippen LogP contribution >= 0.6 is 15.9 Å². The molecule has 0 aromatic heterocycles. The number of halogens is 4. The Labute approximate surface area is 121 Å². The molecule has 0 bridgehead atoms. The van der Waals surface area contributed by atoms with E-state index in [-0.39, 0.29) is 0 Å². The molecule has 0 saturated carbocycles. The largest absolute Gasteiger partial charge is 0.322 e. The SMILES string of the molecule is Cc1cc(NC(=O)c2c(F)cc(F)cc2F)ccc1Br. The molecule has 0 spiro atoms. The molecule has 0 heterocycles. The topological polar surface area (TPSA) is 29.1 Å². The minimum atomic E-state index is -1.24. The van der Waals surface area contributed by atoms with Crippen molar-refractivity contribution >= 4 is 27.5 Å². The van der Waals surface area contributed by atoms with Gasteiger partial charge in [-0.1, -0.05) is 15.9 Å². The van der Waals surface area contributed by atoms with Crippen LogP contribution in [0.5, 0.6) is 0 Å². The molecule has 2 aromatic rings. The van der Waals surface area contributed by atoms with Crippen molar-refractivity contribution in [2.75, 3.05) is 5.32 Å². The second-order valence-corrected chi connectivity index (χ2v) is 5.02. The molecule has 1 amide bonds. The molecule has 0 aliphatic carbocycles. The van der Waals surface area contributed by atoms with Gasteiger partial charge in [0, 0.05) is 22.3 Å². The number of carbonyl (C=O) groups excluding carboxylic acids is 1. The summed E-state index contributed by atoms with van der Waals surface area (Å²) >= 11 is 3.30. The lowest BCUT2D eigenvalue weighted by molar-refractivity contribution is 0.101. The zero-order chi connectivity index (χ0) is 14.9. The average Bonchev–Trinajstić information content (AvgIpc) is 2.32. The van der Waals surface area contributed by atoms with Gasteiger partial charge in [0.2, 0.25) is 0 Å². The van der Waals surface area contributed by atoms with Crippen molar-refractivity contribution in [3.8, 4) is 0 Å². The molecule has 0 aliphatic heterocycles. The normalized spacial score (nSPS) is 10.4. The highest BCUT2D eigenvalue weighted by atomic mass is 79.9. The Bertz CT molecular complexity index is 665. The number of nitrogens with one attached hydrogen (secondary N) is 1. The van der Waals surface area contributed by atoms with E-state index in [2.05, 4.69) is 21.2 Å². The average molecular weight is 344 g/mol. The number of aryl methyl sites for hydroxylation is 1. The van der Waals surface area contributed by atoms with E-state index < -0.39 is 28.9 Å². The van der Waals surface area contributed by atoms with Gasteiger partial charge in [-0.15, -0.1) is 0 Å². The van der Waals surface area contributed by atoms with Crippen molar-refractivity contribution in [3.63, 3.8) is 0 Å². The van der Waals surface area contributed by atoms with Crippen LogP contribution in [-0.4, -0.2) is 5.91 Å². The van der Waals surface area contributed by atoms with Crippen LogP contribution in [0.15, 0.2) is 34.8 Å². The fraction of sp³-hybridized carbons (Fsp3) is 0.0714. The summed E-state index contributed by atoms with van der Waals surface area (Å²) in [4.78, 5) is 11.8. The summed E-state index contributed by atoms with van der Waals surface area (Å²) in [6.07, 6.45) is 0. The van der Waals surface area contributed by atoms with Gasteiger partial charge in [0.15, 0.2) is 0 Å². The van der Waals surface area contributed by atoms with Gasteiger partial charge in [-0.05, 0) is 30.7 Å². The second-order valence-electron chi connectivity index (χ2n) is 4.16. The van der Waals surface area contributed by atoms with Gasteiger partial charge in [0.1, 0.15) is 23.0 Å². The van der Waals surface area contributed by atoms with Gasteiger partial charge in [0.25, 0.3) is 5.91 Å². The summed E-state index contributed by atoms with van der Waals surface area (Å²) in [5, 5.41) is 2.37. The van der Waals surface area contributed by atoms with Crippen LogP contribution < -0.4 is 5.32 Å². The van der Waals surface area contributed by atoms with Gasteiger partial charge in [-0.2, -0.15) is 0 Å². The maximum atomic E-state index is 13.5. The first-order valence-corrected chi connectivity index (χ1v) is 6.40. The lowest BCUT2D eigenvalue weighted by atomic mass is 10.1. The summed E-state index contributed by atoms with van der Waals surface area (Å²) in [5.41, 5.74) is 0.425. The maximum absolute atomic E-state index is 13.5. The number of benzene rings is 2. The van der Waals surface area contributed by atoms with Crippen molar-refractivity contribution < 1.29 is 18.0 Å². The summed E-state index contributed by atoms with van der Waals surface area (Å²) < 4.78 is 40.5. The number of hydrogen-bond donors (Lipinski definition) is 1. The van der Waals surface area contributed by atoms with Gasteiger partial charge < -0.3 is 5.32 Å². The number of rotatable bonds is 2. The Balaban J connectivity index is 2.31. The third-order valence-corrected chi connectivity index (χ3v) is 3.54. The molecule has 2 nitrogen and oxygen atoms in total. The smallest absolute Gasteiger partial charge is 0.261 e. The number of hydrogen-bond acceptors (Lipinski definition) is 1. The van der Waals surface area contributed by atoms with Crippen LogP contribution in [0.25, 0.3) is 0 Å². The number of anilines is 1. The summed E-state index contributed by atoms with van der Waals surface area (Å²) in [5.74, 6) is -4.53. The zero-order valence-corrected chi connectivity index (χ0v) is 11.9. The molecule has 2 aromatic carbocycles. The number of carbonyl (C=O) groups is 1. The second kappa shape index (κ2) is 5.66. The molecule has 20 heavy (non-hydrogen) atoms. The molecule has 0 aliphatic rings. The Hall–Kier alpha value is -1.82. The lowest BCUT2D eigenvalue weighted by Gasteiger charge is -2.08. The highest BCUT2D eigenvalue weighted by Gasteiger charge is 2.19. The standard InChI is InChI=1S/C14H9BrF3NO/c1-7-4-9(2-3-10(7)15)19-14(20)13-11(17)5-8(16)6-12(13)18/h2-6H,1H3,(H,19,20). The highest BCUT2D eigenvalue weighted by Crippen LogP contribution is 2.21. The Morgan fingerprint density at radius 1 is 1.10 bits per heavy atom. The minimum absolute atomic E-state index is 0.388. The van der Waals surface area contributed by atoms with E-state index in [9.17, 15) is 18.0 Å². The maximum Gasteiger partial charge on any atom is 0.261 e. The van der Waals surface area contributed by atoms with E-state index in [0.717, 1.165) is 10.0 Å². The predicted molar refractivity (Wildman–Crippen MR) is 73.1 cm³/mol. The van der Waals surface area contributed by atoms with Crippen LogP contribution in [0.2, 0.25) is 0 Å². The molecular formula is C14H9BrF3NO. The van der Waals surface area contributed by atoms with Crippen LogP contribution in [0.1, 0.15) is 15.9 Å². The van der Waals surface area contributed by atoms with E-state index in [1.54, 1.807) is 25.1 Å². The molecule has 0 saturated heterocycles. The van der Waals surface area contributed by atoms with Crippen molar-refractivity contribution in [1.29, 1.82) is 0 Å². The van der Waals surface area contributed by atoms with Crippen molar-refractivity contribution in [2.45, 2.75) is 6.92 Å². The van der Waals surface area contributed by atoms with Gasteiger partial charge >= 0.3 is 0 Å². The van der Waals surface area contributed by atoms with E-state index in [0.29, 0.717) is 17.8 Å². The quantitative estimate of drug-likeness (QED) is 0.858. The monoisotopic (exact) mass is 343 g/mol. The minimum Gasteiger partial charge on any atom is -0.322 e. The first-order valence-electron chi connectivity index (χ1n) is 5.60. The molecule has 0 unspecified atom stereocenters. The van der Waals surface area contributed by atoms with Gasteiger partial charge in [0.05, 0.1) is 0 Å². The van der Waals surface area contributed by atoms with Crippen molar-refractivity contribution in [1.82, 2.24) is 0 Å². The third kappa shape index (κ3) is 3.01. The van der Waals surface area contributed by atoms with Crippen LogP contribution in [0, 0.1) is 24.4 Å². The van der Waals surface area contributed by atoms with Crippen LogP contribution in [-0.2, 0) is 0 Å². The third-order valence-electron chi connectivity index (χ3n) is 2.65. The Morgan fingerprint density at radius 2 is 1.70 bits per heavy atom. The fourth-order valence-corrected chi connectivity index (χ4v) is 1.92.